The van der Waals surface area contributed by atoms with Crippen LogP contribution in [0.25, 0.3) is 0 Å². The van der Waals surface area contributed by atoms with E-state index in [0.29, 0.717) is 5.69 Å². The number of ketones is 2. The van der Waals surface area contributed by atoms with E-state index in [9.17, 15) is 9.59 Å². The summed E-state index contributed by atoms with van der Waals surface area (Å²) in [5, 5.41) is 2.04. The third-order valence-corrected chi connectivity index (χ3v) is 5.28. The molecule has 2 aromatic rings. The van der Waals surface area contributed by atoms with Crippen molar-refractivity contribution in [2.24, 2.45) is 5.92 Å². The molecule has 0 amide bonds. The Labute approximate surface area is 140 Å². The molecule has 0 aromatic carbocycles. The zero-order valence-electron chi connectivity index (χ0n) is 13.2. The Morgan fingerprint density at radius 3 is 2.96 bits per heavy atom. The number of hydrogen-bond donors (Lipinski definition) is 0. The summed E-state index contributed by atoms with van der Waals surface area (Å²) in [6.07, 6.45) is 3.61. The SMILES string of the molecule is CC(=O)c1cc(CN2CCC[C@H](C(=O)c3ccccn3)C2)cs1. The summed E-state index contributed by atoms with van der Waals surface area (Å²) >= 11 is 1.50. The molecule has 3 rings (SSSR count). The van der Waals surface area contributed by atoms with E-state index in [1.54, 1.807) is 19.2 Å². The number of carbonyl (C=O) groups excluding carboxylic acids is 2. The highest BCUT2D eigenvalue weighted by atomic mass is 32.1. The molecule has 1 aliphatic heterocycles. The lowest BCUT2D eigenvalue weighted by Gasteiger charge is -2.31. The number of thiophene rings is 1. The summed E-state index contributed by atoms with van der Waals surface area (Å²) in [7, 11) is 0. The summed E-state index contributed by atoms with van der Waals surface area (Å²) in [5.74, 6) is 0.276. The molecule has 4 nitrogen and oxygen atoms in total. The lowest BCUT2D eigenvalue weighted by molar-refractivity contribution is 0.0806. The Kier molecular flexibility index (Phi) is 4.98. The molecule has 0 saturated carbocycles. The van der Waals surface area contributed by atoms with Crippen molar-refractivity contribution in [2.75, 3.05) is 13.1 Å². The number of nitrogens with zero attached hydrogens (tertiary/aromatic N) is 2. The molecule has 23 heavy (non-hydrogen) atoms. The van der Waals surface area contributed by atoms with Crippen LogP contribution in [0.3, 0.4) is 0 Å². The van der Waals surface area contributed by atoms with Crippen LogP contribution in [0.1, 0.15) is 45.5 Å². The smallest absolute Gasteiger partial charge is 0.185 e. The van der Waals surface area contributed by atoms with E-state index in [2.05, 4.69) is 9.88 Å². The van der Waals surface area contributed by atoms with Gasteiger partial charge < -0.3 is 0 Å². The predicted molar refractivity (Wildman–Crippen MR) is 90.9 cm³/mol. The first kappa shape index (κ1) is 16.0. The monoisotopic (exact) mass is 328 g/mol. The van der Waals surface area contributed by atoms with Crippen LogP contribution < -0.4 is 0 Å². The van der Waals surface area contributed by atoms with Gasteiger partial charge in [0.1, 0.15) is 5.69 Å². The van der Waals surface area contributed by atoms with Gasteiger partial charge >= 0.3 is 0 Å². The highest BCUT2D eigenvalue weighted by Gasteiger charge is 2.27. The van der Waals surface area contributed by atoms with Crippen LogP contribution >= 0.6 is 11.3 Å². The Morgan fingerprint density at radius 2 is 2.26 bits per heavy atom. The van der Waals surface area contributed by atoms with Gasteiger partial charge in [-0.05, 0) is 55.5 Å². The van der Waals surface area contributed by atoms with E-state index in [0.717, 1.165) is 42.9 Å². The van der Waals surface area contributed by atoms with Crippen LogP contribution in [0.15, 0.2) is 35.8 Å². The maximum Gasteiger partial charge on any atom is 0.185 e. The van der Waals surface area contributed by atoms with Crippen molar-refractivity contribution >= 4 is 22.9 Å². The summed E-state index contributed by atoms with van der Waals surface area (Å²) in [6.45, 7) is 4.16. The first-order valence-corrected chi connectivity index (χ1v) is 8.77. The number of aromatic nitrogens is 1. The van der Waals surface area contributed by atoms with Crippen LogP contribution in [-0.2, 0) is 6.54 Å². The largest absolute Gasteiger partial charge is 0.298 e. The number of pyridine rings is 1. The van der Waals surface area contributed by atoms with E-state index >= 15 is 0 Å². The molecule has 1 aliphatic rings. The molecular weight excluding hydrogens is 308 g/mol. The lowest BCUT2D eigenvalue weighted by atomic mass is 9.91. The fraction of sp³-hybridized carbons (Fsp3) is 0.389. The standard InChI is InChI=1S/C18H20N2O2S/c1-13(21)17-9-14(12-23-17)10-20-8-4-5-15(11-20)18(22)16-6-2-3-7-19-16/h2-3,6-7,9,12,15H,4-5,8,10-11H2,1H3/t15-/m0/s1. The van der Waals surface area contributed by atoms with Crippen LogP contribution in [0.5, 0.6) is 0 Å². The van der Waals surface area contributed by atoms with Gasteiger partial charge in [0.2, 0.25) is 0 Å². The third-order valence-electron chi connectivity index (χ3n) is 4.20. The molecule has 0 unspecified atom stereocenters. The van der Waals surface area contributed by atoms with Gasteiger partial charge in [-0.25, -0.2) is 0 Å². The van der Waals surface area contributed by atoms with Gasteiger partial charge in [0.15, 0.2) is 11.6 Å². The quantitative estimate of drug-likeness (QED) is 0.789. The van der Waals surface area contributed by atoms with Crippen molar-refractivity contribution < 1.29 is 9.59 Å². The Hall–Kier alpha value is -1.85. The van der Waals surface area contributed by atoms with Crippen molar-refractivity contribution in [1.82, 2.24) is 9.88 Å². The zero-order chi connectivity index (χ0) is 16.2. The third kappa shape index (κ3) is 3.92. The minimum absolute atomic E-state index is 0.0181. The number of hydrogen-bond acceptors (Lipinski definition) is 5. The predicted octanol–water partition coefficient (Wildman–Crippen LogP) is 3.44. The molecule has 3 heterocycles. The van der Waals surface area contributed by atoms with Crippen molar-refractivity contribution in [1.29, 1.82) is 0 Å². The molecule has 1 saturated heterocycles. The number of piperidine rings is 1. The summed E-state index contributed by atoms with van der Waals surface area (Å²) in [4.78, 5) is 31.2. The Balaban J connectivity index is 1.63. The van der Waals surface area contributed by atoms with Crippen molar-refractivity contribution in [3.05, 3.63) is 52.0 Å². The van der Waals surface area contributed by atoms with E-state index in [4.69, 9.17) is 0 Å². The van der Waals surface area contributed by atoms with Crippen molar-refractivity contribution in [3.63, 3.8) is 0 Å². The molecule has 0 N–H and O–H groups in total. The fourth-order valence-corrected chi connectivity index (χ4v) is 3.84. The van der Waals surface area contributed by atoms with E-state index in [1.807, 2.05) is 23.6 Å². The summed E-state index contributed by atoms with van der Waals surface area (Å²) in [5.41, 5.74) is 1.72. The van der Waals surface area contributed by atoms with Gasteiger partial charge in [-0.15, -0.1) is 11.3 Å². The maximum atomic E-state index is 12.6. The average molecular weight is 328 g/mol. The van der Waals surface area contributed by atoms with Crippen molar-refractivity contribution in [2.45, 2.75) is 26.3 Å². The van der Waals surface area contributed by atoms with Gasteiger partial charge in [-0.1, -0.05) is 6.07 Å². The second-order valence-electron chi connectivity index (χ2n) is 6.03. The minimum atomic E-state index is 0.0181. The van der Waals surface area contributed by atoms with E-state index in [1.165, 1.54) is 11.3 Å². The lowest BCUT2D eigenvalue weighted by Crippen LogP contribution is -2.38. The van der Waals surface area contributed by atoms with Crippen LogP contribution in [-0.4, -0.2) is 34.5 Å². The topological polar surface area (TPSA) is 50.3 Å². The molecule has 0 aliphatic carbocycles. The normalized spacial score (nSPS) is 18.7. The molecule has 0 bridgehead atoms. The van der Waals surface area contributed by atoms with Crippen LogP contribution in [0.4, 0.5) is 0 Å². The molecule has 1 fully saturated rings. The van der Waals surface area contributed by atoms with E-state index in [-0.39, 0.29) is 17.5 Å². The number of rotatable bonds is 5. The van der Waals surface area contributed by atoms with Gasteiger partial charge in [0.25, 0.3) is 0 Å². The molecule has 0 radical (unpaired) electrons. The molecule has 2 aromatic heterocycles. The van der Waals surface area contributed by atoms with Crippen LogP contribution in [0, 0.1) is 5.92 Å². The maximum absolute atomic E-state index is 12.6. The highest BCUT2D eigenvalue weighted by molar-refractivity contribution is 7.12. The first-order chi connectivity index (χ1) is 11.1. The molecule has 1 atom stereocenters. The molecule has 0 spiro atoms. The second-order valence-corrected chi connectivity index (χ2v) is 6.94. The minimum Gasteiger partial charge on any atom is -0.298 e. The van der Waals surface area contributed by atoms with Gasteiger partial charge in [-0.2, -0.15) is 0 Å². The molecule has 5 heteroatoms. The van der Waals surface area contributed by atoms with Crippen LogP contribution in [0.2, 0.25) is 0 Å². The van der Waals surface area contributed by atoms with Gasteiger partial charge in [0.05, 0.1) is 4.88 Å². The number of carbonyl (C=O) groups is 2. The second kappa shape index (κ2) is 7.15. The molecule has 120 valence electrons. The van der Waals surface area contributed by atoms with Crippen molar-refractivity contribution in [3.8, 4) is 0 Å². The van der Waals surface area contributed by atoms with Gasteiger partial charge in [-0.3, -0.25) is 19.5 Å². The van der Waals surface area contributed by atoms with Gasteiger partial charge in [0, 0.05) is 25.2 Å². The van der Waals surface area contributed by atoms with E-state index < -0.39 is 0 Å². The highest BCUT2D eigenvalue weighted by Crippen LogP contribution is 2.23. The molecular formula is C18H20N2O2S. The Morgan fingerprint density at radius 1 is 1.39 bits per heavy atom. The zero-order valence-corrected chi connectivity index (χ0v) is 14.0. The summed E-state index contributed by atoms with van der Waals surface area (Å²) in [6, 6.07) is 7.44. The first-order valence-electron chi connectivity index (χ1n) is 7.89. The summed E-state index contributed by atoms with van der Waals surface area (Å²) < 4.78 is 0. The average Bonchev–Trinajstić information content (AvgIpc) is 3.04. The number of Topliss-reactive ketones (excluding diaryl/α,β-unsaturated/α-hetero) is 2. The Bertz CT molecular complexity index is 696. The fourth-order valence-electron chi connectivity index (χ4n) is 3.03. The number of likely N-dealkylation sites (tertiary alicyclic amines) is 1.